The fraction of sp³-hybridized carbons (Fsp3) is 0.533. The highest BCUT2D eigenvalue weighted by atomic mass is 16.1. The van der Waals surface area contributed by atoms with Crippen LogP contribution in [0, 0.1) is 12.8 Å². The number of carbonyl (C=O) groups is 1. The van der Waals surface area contributed by atoms with Crippen LogP contribution >= 0.6 is 0 Å². The molecule has 0 N–H and O–H groups in total. The minimum absolute atomic E-state index is 0.130. The normalized spacial score (nSPS) is 14.9. The number of hydrogen-bond donors (Lipinski definition) is 0. The standard InChI is InChI=1S/C15H21NO/c1-11(2)15(17)10-16-8-4-5-13-9-12(3)6-7-14(13)16/h6-7,9,11H,4-5,8,10H2,1-3H3. The molecule has 0 aromatic heterocycles. The Balaban J connectivity index is 2.20. The molecule has 0 bridgehead atoms. The summed E-state index contributed by atoms with van der Waals surface area (Å²) in [5, 5.41) is 0. The Morgan fingerprint density at radius 2 is 2.18 bits per heavy atom. The summed E-state index contributed by atoms with van der Waals surface area (Å²) in [6.45, 7) is 7.64. The molecule has 0 spiro atoms. The van der Waals surface area contributed by atoms with Crippen molar-refractivity contribution >= 4 is 11.5 Å². The van der Waals surface area contributed by atoms with Gasteiger partial charge in [-0.2, -0.15) is 0 Å². The number of hydrogen-bond acceptors (Lipinski definition) is 2. The van der Waals surface area contributed by atoms with Crippen molar-refractivity contribution in [1.29, 1.82) is 0 Å². The van der Waals surface area contributed by atoms with Gasteiger partial charge in [0.25, 0.3) is 0 Å². The van der Waals surface area contributed by atoms with Gasteiger partial charge < -0.3 is 4.90 Å². The quantitative estimate of drug-likeness (QED) is 0.797. The molecule has 1 aromatic carbocycles. The maximum absolute atomic E-state index is 11.8. The maximum atomic E-state index is 11.8. The number of Topliss-reactive ketones (excluding diaryl/α,β-unsaturated/α-hetero) is 1. The van der Waals surface area contributed by atoms with Crippen LogP contribution in [0.5, 0.6) is 0 Å². The molecule has 0 amide bonds. The molecule has 1 aliphatic heterocycles. The zero-order valence-corrected chi connectivity index (χ0v) is 11.0. The van der Waals surface area contributed by atoms with Crippen LogP contribution in [0.4, 0.5) is 5.69 Å². The molecular formula is C15H21NO. The van der Waals surface area contributed by atoms with Crippen LogP contribution in [-0.4, -0.2) is 18.9 Å². The van der Waals surface area contributed by atoms with Crippen LogP contribution in [0.2, 0.25) is 0 Å². The van der Waals surface area contributed by atoms with Crippen molar-refractivity contribution in [3.63, 3.8) is 0 Å². The monoisotopic (exact) mass is 231 g/mol. The van der Waals surface area contributed by atoms with E-state index >= 15 is 0 Å². The lowest BCUT2D eigenvalue weighted by Crippen LogP contribution is -2.35. The Labute approximate surface area is 104 Å². The Kier molecular flexibility index (Phi) is 3.51. The number of nitrogens with zero attached hydrogens (tertiary/aromatic N) is 1. The fourth-order valence-electron chi connectivity index (χ4n) is 2.34. The molecule has 1 heterocycles. The summed E-state index contributed by atoms with van der Waals surface area (Å²) in [5.41, 5.74) is 3.96. The first kappa shape index (κ1) is 12.2. The van der Waals surface area contributed by atoms with E-state index in [4.69, 9.17) is 0 Å². The van der Waals surface area contributed by atoms with Gasteiger partial charge in [0.05, 0.1) is 6.54 Å². The maximum Gasteiger partial charge on any atom is 0.154 e. The molecular weight excluding hydrogens is 210 g/mol. The predicted octanol–water partition coefficient (Wildman–Crippen LogP) is 2.97. The fourth-order valence-corrected chi connectivity index (χ4v) is 2.34. The van der Waals surface area contributed by atoms with E-state index in [1.807, 2.05) is 13.8 Å². The van der Waals surface area contributed by atoms with Crippen LogP contribution in [0.3, 0.4) is 0 Å². The lowest BCUT2D eigenvalue weighted by molar-refractivity contribution is -0.120. The smallest absolute Gasteiger partial charge is 0.154 e. The van der Waals surface area contributed by atoms with Crippen molar-refractivity contribution in [2.75, 3.05) is 18.0 Å². The Morgan fingerprint density at radius 3 is 2.88 bits per heavy atom. The average molecular weight is 231 g/mol. The third-order valence-electron chi connectivity index (χ3n) is 3.44. The van der Waals surface area contributed by atoms with E-state index in [1.165, 1.54) is 16.8 Å². The molecule has 2 rings (SSSR count). The van der Waals surface area contributed by atoms with E-state index in [9.17, 15) is 4.79 Å². The molecule has 2 nitrogen and oxygen atoms in total. The zero-order valence-electron chi connectivity index (χ0n) is 11.0. The second kappa shape index (κ2) is 4.91. The molecule has 0 saturated carbocycles. The Hall–Kier alpha value is -1.31. The van der Waals surface area contributed by atoms with Gasteiger partial charge in [0.15, 0.2) is 5.78 Å². The van der Waals surface area contributed by atoms with Gasteiger partial charge in [0, 0.05) is 18.2 Å². The van der Waals surface area contributed by atoms with Crippen LogP contribution in [0.15, 0.2) is 18.2 Å². The second-order valence-electron chi connectivity index (χ2n) is 5.28. The predicted molar refractivity (Wildman–Crippen MR) is 71.6 cm³/mol. The van der Waals surface area contributed by atoms with E-state index in [1.54, 1.807) is 0 Å². The summed E-state index contributed by atoms with van der Waals surface area (Å²) in [6.07, 6.45) is 2.30. The summed E-state index contributed by atoms with van der Waals surface area (Å²) in [7, 11) is 0. The summed E-state index contributed by atoms with van der Waals surface area (Å²) in [4.78, 5) is 14.1. The van der Waals surface area contributed by atoms with E-state index in [2.05, 4.69) is 30.0 Å². The third kappa shape index (κ3) is 2.68. The Bertz CT molecular complexity index is 423. The molecule has 1 aliphatic rings. The second-order valence-corrected chi connectivity index (χ2v) is 5.28. The summed E-state index contributed by atoms with van der Waals surface area (Å²) < 4.78 is 0. The van der Waals surface area contributed by atoms with Gasteiger partial charge in [-0.05, 0) is 31.4 Å². The summed E-state index contributed by atoms with van der Waals surface area (Å²) in [6, 6.07) is 6.55. The third-order valence-corrected chi connectivity index (χ3v) is 3.44. The molecule has 92 valence electrons. The molecule has 0 unspecified atom stereocenters. The van der Waals surface area contributed by atoms with Gasteiger partial charge in [-0.3, -0.25) is 4.79 Å². The Morgan fingerprint density at radius 1 is 1.41 bits per heavy atom. The van der Waals surface area contributed by atoms with Crippen LogP contribution in [0.25, 0.3) is 0 Å². The largest absolute Gasteiger partial charge is 0.364 e. The first-order chi connectivity index (χ1) is 8.08. The highest BCUT2D eigenvalue weighted by molar-refractivity contribution is 5.85. The molecule has 17 heavy (non-hydrogen) atoms. The number of benzene rings is 1. The highest BCUT2D eigenvalue weighted by Gasteiger charge is 2.20. The van der Waals surface area contributed by atoms with Crippen LogP contribution in [0.1, 0.15) is 31.4 Å². The van der Waals surface area contributed by atoms with E-state index in [0.29, 0.717) is 12.3 Å². The molecule has 2 heteroatoms. The SMILES string of the molecule is Cc1ccc2c(c1)CCCN2CC(=O)C(C)C. The van der Waals surface area contributed by atoms with Gasteiger partial charge in [0.2, 0.25) is 0 Å². The lowest BCUT2D eigenvalue weighted by Gasteiger charge is -2.31. The van der Waals surface area contributed by atoms with Crippen molar-refractivity contribution in [3.8, 4) is 0 Å². The number of fused-ring (bicyclic) bond motifs is 1. The van der Waals surface area contributed by atoms with Gasteiger partial charge in [-0.15, -0.1) is 0 Å². The molecule has 0 aliphatic carbocycles. The van der Waals surface area contributed by atoms with Crippen molar-refractivity contribution < 1.29 is 4.79 Å². The minimum Gasteiger partial charge on any atom is -0.364 e. The topological polar surface area (TPSA) is 20.3 Å². The first-order valence-corrected chi connectivity index (χ1v) is 6.45. The molecule has 0 atom stereocenters. The number of ketones is 1. The van der Waals surface area contributed by atoms with Gasteiger partial charge in [-0.25, -0.2) is 0 Å². The average Bonchev–Trinajstić information content (AvgIpc) is 2.28. The van der Waals surface area contributed by atoms with E-state index < -0.39 is 0 Å². The lowest BCUT2D eigenvalue weighted by atomic mass is 9.98. The van der Waals surface area contributed by atoms with Gasteiger partial charge in [0.1, 0.15) is 0 Å². The van der Waals surface area contributed by atoms with Crippen LogP contribution in [-0.2, 0) is 11.2 Å². The van der Waals surface area contributed by atoms with Crippen molar-refractivity contribution in [3.05, 3.63) is 29.3 Å². The van der Waals surface area contributed by atoms with Crippen molar-refractivity contribution in [1.82, 2.24) is 0 Å². The zero-order chi connectivity index (χ0) is 12.4. The first-order valence-electron chi connectivity index (χ1n) is 6.45. The van der Waals surface area contributed by atoms with Crippen LogP contribution < -0.4 is 4.90 Å². The van der Waals surface area contributed by atoms with E-state index in [-0.39, 0.29) is 5.92 Å². The van der Waals surface area contributed by atoms with Gasteiger partial charge in [-0.1, -0.05) is 31.5 Å². The number of aryl methyl sites for hydroxylation is 2. The molecule has 0 fully saturated rings. The number of anilines is 1. The molecule has 1 aromatic rings. The minimum atomic E-state index is 0.130. The van der Waals surface area contributed by atoms with E-state index in [0.717, 1.165) is 19.4 Å². The van der Waals surface area contributed by atoms with Crippen molar-refractivity contribution in [2.45, 2.75) is 33.6 Å². The summed E-state index contributed by atoms with van der Waals surface area (Å²) in [5.74, 6) is 0.462. The van der Waals surface area contributed by atoms with Crippen molar-refractivity contribution in [2.24, 2.45) is 5.92 Å². The highest BCUT2D eigenvalue weighted by Crippen LogP contribution is 2.27. The number of carbonyl (C=O) groups excluding carboxylic acids is 1. The van der Waals surface area contributed by atoms with Gasteiger partial charge >= 0.3 is 0 Å². The summed E-state index contributed by atoms with van der Waals surface area (Å²) >= 11 is 0. The molecule has 0 saturated heterocycles. The number of rotatable bonds is 3. The molecule has 0 radical (unpaired) electrons.